The minimum Gasteiger partial charge on any atom is -0.490 e. The van der Waals surface area contributed by atoms with Crippen molar-refractivity contribution >= 4 is 76.5 Å². The van der Waals surface area contributed by atoms with Crippen molar-refractivity contribution in [3.05, 3.63) is 143 Å². The molecule has 8 aromatic carbocycles. The van der Waals surface area contributed by atoms with Gasteiger partial charge in [0.1, 0.15) is 11.0 Å². The molecule has 0 N–H and O–H groups in total. The van der Waals surface area contributed by atoms with Crippen LogP contribution in [-0.4, -0.2) is 33.1 Å². The van der Waals surface area contributed by atoms with E-state index in [1.165, 1.54) is 165 Å². The van der Waals surface area contributed by atoms with Crippen molar-refractivity contribution in [2.45, 2.75) is 246 Å². The third kappa shape index (κ3) is 17.0. The highest BCUT2D eigenvalue weighted by Gasteiger charge is 2.28. The molecule has 10 aromatic rings. The summed E-state index contributed by atoms with van der Waals surface area (Å²) < 4.78 is 13.6. The first-order valence-electron chi connectivity index (χ1n) is 35.4. The Hall–Kier alpha value is -7.28. The Kier molecular flexibility index (Phi) is 23.4. The van der Waals surface area contributed by atoms with Crippen molar-refractivity contribution < 1.29 is 9.47 Å². The molecule has 10 rings (SSSR count). The first-order chi connectivity index (χ1) is 43.9. The Labute approximate surface area is 539 Å². The highest BCUT2D eigenvalue weighted by atomic mass is 16.5. The average Bonchev–Trinajstić information content (AvgIpc) is 0.692. The molecule has 6 heteroatoms. The molecule has 470 valence electrons. The Balaban J connectivity index is 1.02. The largest absolute Gasteiger partial charge is 0.490 e. The number of fused-ring (bicyclic) bond motifs is 8. The van der Waals surface area contributed by atoms with E-state index in [0.29, 0.717) is 13.2 Å². The third-order valence-electron chi connectivity index (χ3n) is 18.6. The van der Waals surface area contributed by atoms with Gasteiger partial charge in [0.15, 0.2) is 11.5 Å². The number of benzene rings is 8. The standard InChI is InChI=1S/C84H102N4O2/c1-9-11-13-15-17-19-21-23-25-27-29-31-33-41-53-89-73-59-71-72(60-74(73)90-54-42-34-32-30-28-26-24-22-20-18-16-14-12-10-2)86-80-68-56-66(84(6,7)8)58-70-76(68)75-67(79(80)85-71)55-65(83(3,4)5)57-69(75)81-82(70)88-78-64(50-48-62-45-39-36-40-46-62)52-51-63(77(78)87-81)49-47-61-43-37-35-38-44-61/h35-40,43-46,51-52,55-60H,9-34,41-42,53-54H2,1-8H3. The van der Waals surface area contributed by atoms with Crippen LogP contribution in [0.25, 0.3) is 76.5 Å². The van der Waals surface area contributed by atoms with Crippen LogP contribution in [0.4, 0.5) is 0 Å². The maximum atomic E-state index is 6.80. The predicted molar refractivity (Wildman–Crippen MR) is 385 cm³/mol. The fourth-order valence-electron chi connectivity index (χ4n) is 13.1. The number of aromatic nitrogens is 4. The van der Waals surface area contributed by atoms with Gasteiger partial charge in [-0.3, -0.25) is 0 Å². The zero-order chi connectivity index (χ0) is 62.7. The number of rotatable bonds is 32. The Morgan fingerprint density at radius 2 is 0.600 bits per heavy atom. The summed E-state index contributed by atoms with van der Waals surface area (Å²) in [4.78, 5) is 23.0. The van der Waals surface area contributed by atoms with Crippen molar-refractivity contribution in [1.29, 1.82) is 0 Å². The minimum absolute atomic E-state index is 0.211. The number of unbranched alkanes of at least 4 members (excludes halogenated alkanes) is 26. The van der Waals surface area contributed by atoms with Gasteiger partial charge in [-0.1, -0.05) is 282 Å². The molecule has 0 aliphatic carbocycles. The molecule has 0 unspecified atom stereocenters. The van der Waals surface area contributed by atoms with E-state index in [4.69, 9.17) is 29.4 Å². The van der Waals surface area contributed by atoms with Crippen LogP contribution >= 0.6 is 0 Å². The SMILES string of the molecule is CCCCCCCCCCCCCCCCOc1cc2nc3c4cc(C(C)(C)C)cc5c6nc7c(C#Cc8ccccc8)ccc(C#Cc8ccccc8)c7nc6c6cc(C(C)(C)C)cc(c3nc2cc1OCCCCCCCCCCCCCCCC)c6c45. The van der Waals surface area contributed by atoms with E-state index in [9.17, 15) is 0 Å². The lowest BCUT2D eigenvalue weighted by atomic mass is 9.80. The van der Waals surface area contributed by atoms with Crippen LogP contribution in [0.5, 0.6) is 11.5 Å². The number of hydrogen-bond acceptors (Lipinski definition) is 6. The number of nitrogens with zero attached hydrogens (tertiary/aromatic N) is 4. The van der Waals surface area contributed by atoms with Crippen molar-refractivity contribution in [3.63, 3.8) is 0 Å². The lowest BCUT2D eigenvalue weighted by Gasteiger charge is -2.25. The molecule has 2 aromatic heterocycles. The van der Waals surface area contributed by atoms with Crippen molar-refractivity contribution in [2.24, 2.45) is 0 Å². The molecule has 0 radical (unpaired) electrons. The van der Waals surface area contributed by atoms with E-state index < -0.39 is 0 Å². The van der Waals surface area contributed by atoms with Crippen LogP contribution in [0.15, 0.2) is 109 Å². The lowest BCUT2D eigenvalue weighted by Crippen LogP contribution is -2.12. The number of hydrogen-bond donors (Lipinski definition) is 0. The summed E-state index contributed by atoms with van der Waals surface area (Å²) in [7, 11) is 0. The minimum atomic E-state index is -0.211. The maximum absolute atomic E-state index is 6.80. The van der Waals surface area contributed by atoms with Crippen LogP contribution in [0, 0.1) is 23.7 Å². The second-order valence-corrected chi connectivity index (χ2v) is 28.0. The normalized spacial score (nSPS) is 12.0. The van der Waals surface area contributed by atoms with E-state index in [0.717, 1.165) is 136 Å². The van der Waals surface area contributed by atoms with E-state index >= 15 is 0 Å². The smallest absolute Gasteiger partial charge is 0.163 e. The van der Waals surface area contributed by atoms with Gasteiger partial charge in [0.25, 0.3) is 0 Å². The first-order valence-corrected chi connectivity index (χ1v) is 35.4. The Bertz CT molecular complexity index is 3830. The molecule has 0 saturated carbocycles. The van der Waals surface area contributed by atoms with Crippen LogP contribution < -0.4 is 9.47 Å². The van der Waals surface area contributed by atoms with Gasteiger partial charge >= 0.3 is 0 Å². The monoisotopic (exact) mass is 1200 g/mol. The fraction of sp³-hybridized carbons (Fsp3) is 0.476. The zero-order valence-electron chi connectivity index (χ0n) is 56.2. The topological polar surface area (TPSA) is 70.0 Å². The van der Waals surface area contributed by atoms with E-state index in [2.05, 4.69) is 128 Å². The predicted octanol–water partition coefficient (Wildman–Crippen LogP) is 23.9. The van der Waals surface area contributed by atoms with Gasteiger partial charge in [0.05, 0.1) is 57.4 Å². The first kappa shape index (κ1) is 65.7. The summed E-state index contributed by atoms with van der Waals surface area (Å²) >= 11 is 0. The molecule has 0 amide bonds. The van der Waals surface area contributed by atoms with E-state index in [1.54, 1.807) is 0 Å². The van der Waals surface area contributed by atoms with Gasteiger partial charge < -0.3 is 9.47 Å². The maximum Gasteiger partial charge on any atom is 0.163 e. The lowest BCUT2D eigenvalue weighted by molar-refractivity contribution is 0.259. The fourth-order valence-corrected chi connectivity index (χ4v) is 13.1. The molecule has 0 spiro atoms. The zero-order valence-corrected chi connectivity index (χ0v) is 56.2. The summed E-state index contributed by atoms with van der Waals surface area (Å²) in [6.45, 7) is 19.6. The Morgan fingerprint density at radius 3 is 0.900 bits per heavy atom. The summed E-state index contributed by atoms with van der Waals surface area (Å²) in [6, 6.07) is 38.1. The number of ether oxygens (including phenoxy) is 2. The van der Waals surface area contributed by atoms with Gasteiger partial charge in [0, 0.05) is 55.6 Å². The molecule has 0 saturated heterocycles. The molecule has 0 aliphatic rings. The molecule has 0 fully saturated rings. The van der Waals surface area contributed by atoms with E-state index in [-0.39, 0.29) is 10.8 Å². The van der Waals surface area contributed by atoms with Gasteiger partial charge in [-0.05, 0) is 95.5 Å². The molecule has 0 bridgehead atoms. The molecule has 2 heterocycles. The molecular formula is C84H102N4O2. The molecule has 6 nitrogen and oxygen atoms in total. The quantitative estimate of drug-likeness (QED) is 0.0181. The molecule has 0 aliphatic heterocycles. The van der Waals surface area contributed by atoms with Gasteiger partial charge in [0.2, 0.25) is 0 Å². The van der Waals surface area contributed by atoms with Crippen molar-refractivity contribution in [1.82, 2.24) is 19.9 Å². The highest BCUT2D eigenvalue weighted by Crippen LogP contribution is 2.48. The highest BCUT2D eigenvalue weighted by molar-refractivity contribution is 6.39. The van der Waals surface area contributed by atoms with Crippen molar-refractivity contribution in [2.75, 3.05) is 13.2 Å². The average molecular weight is 1200 g/mol. The van der Waals surface area contributed by atoms with Crippen molar-refractivity contribution in [3.8, 4) is 35.2 Å². The Morgan fingerprint density at radius 1 is 0.311 bits per heavy atom. The van der Waals surface area contributed by atoms with Gasteiger partial charge in [-0.25, -0.2) is 19.9 Å². The second-order valence-electron chi connectivity index (χ2n) is 28.0. The summed E-state index contributed by atoms with van der Waals surface area (Å²) in [5.74, 6) is 15.4. The van der Waals surface area contributed by atoms with Crippen LogP contribution in [0.3, 0.4) is 0 Å². The molecule has 0 atom stereocenters. The second kappa shape index (κ2) is 32.1. The molecule has 90 heavy (non-hydrogen) atoms. The third-order valence-corrected chi connectivity index (χ3v) is 18.6. The van der Waals surface area contributed by atoms with Crippen LogP contribution in [0.2, 0.25) is 0 Å². The summed E-state index contributed by atoms with van der Waals surface area (Å²) in [6.07, 6.45) is 37.0. The molecular weight excluding hydrogens is 1100 g/mol. The summed E-state index contributed by atoms with van der Waals surface area (Å²) in [5.41, 5.74) is 11.9. The summed E-state index contributed by atoms with van der Waals surface area (Å²) in [5, 5.41) is 6.44. The van der Waals surface area contributed by atoms with Crippen LogP contribution in [-0.2, 0) is 10.8 Å². The van der Waals surface area contributed by atoms with Gasteiger partial charge in [-0.15, -0.1) is 0 Å². The van der Waals surface area contributed by atoms with Crippen LogP contribution in [0.1, 0.15) is 269 Å². The van der Waals surface area contributed by atoms with Gasteiger partial charge in [-0.2, -0.15) is 0 Å². The van der Waals surface area contributed by atoms with E-state index in [1.807, 2.05) is 60.7 Å².